The van der Waals surface area contributed by atoms with Crippen molar-refractivity contribution in [1.29, 1.82) is 0 Å². The molecule has 1 aromatic heterocycles. The van der Waals surface area contributed by atoms with Crippen molar-refractivity contribution in [2.75, 3.05) is 0 Å². The highest BCUT2D eigenvalue weighted by molar-refractivity contribution is 5.08. The number of aryl methyl sites for hydroxylation is 2. The molecule has 1 aromatic rings. The van der Waals surface area contributed by atoms with Gasteiger partial charge in [-0.05, 0) is 31.7 Å². The van der Waals surface area contributed by atoms with E-state index in [9.17, 15) is 0 Å². The largest absolute Gasteiger partial charge is 0.230 e. The summed E-state index contributed by atoms with van der Waals surface area (Å²) in [5, 5.41) is 0. The fraction of sp³-hybridized carbons (Fsp3) is 0.917. The van der Waals surface area contributed by atoms with Crippen LogP contribution >= 0.6 is 0 Å². The van der Waals surface area contributed by atoms with Crippen LogP contribution in [0, 0.1) is 6.33 Å². The molecule has 0 fully saturated rings. The number of hydrogen-bond donors (Lipinski definition) is 0. The molecule has 1 radical (unpaired) electrons. The number of aromatic nitrogens is 2. The number of rotatable bonds is 42. The number of nitrogens with zero attached hydrogens (tertiary/aromatic N) is 2. The molecule has 0 saturated carbocycles. The van der Waals surface area contributed by atoms with Crippen LogP contribution < -0.4 is 0 Å². The van der Waals surface area contributed by atoms with Gasteiger partial charge < -0.3 is 0 Å². The maximum absolute atomic E-state index is 4.46. The van der Waals surface area contributed by atoms with E-state index in [2.05, 4.69) is 36.2 Å². The molecule has 0 aliphatic rings. The standard InChI is InChI=1S/C48H91N2/c1-3-5-7-9-11-13-15-17-19-21-23-25-27-29-31-33-35-37-39-41-43-47-45-48(50-46-49-47)44-42-40-38-36-34-32-30-28-26-24-22-20-18-16-14-12-10-8-6-4-2/h45H,3-44H2,1-2H3. The van der Waals surface area contributed by atoms with Gasteiger partial charge in [-0.1, -0.05) is 258 Å². The summed E-state index contributed by atoms with van der Waals surface area (Å²) in [6, 6.07) is 2.27. The molecule has 0 aromatic carbocycles. The summed E-state index contributed by atoms with van der Waals surface area (Å²) in [5.74, 6) is 0. The molecule has 0 bridgehead atoms. The van der Waals surface area contributed by atoms with Crippen molar-refractivity contribution in [2.45, 2.75) is 284 Å². The average Bonchev–Trinajstić information content (AvgIpc) is 3.13. The molecule has 1 heterocycles. The van der Waals surface area contributed by atoms with Crippen LogP contribution in [0.3, 0.4) is 0 Å². The second-order valence-corrected chi connectivity index (χ2v) is 16.4. The van der Waals surface area contributed by atoms with Crippen LogP contribution in [0.15, 0.2) is 6.07 Å². The monoisotopic (exact) mass is 696 g/mol. The molecule has 0 N–H and O–H groups in total. The Hall–Kier alpha value is -0.920. The van der Waals surface area contributed by atoms with Crippen LogP contribution in [0.4, 0.5) is 0 Å². The Labute approximate surface area is 316 Å². The highest BCUT2D eigenvalue weighted by atomic mass is 14.8. The summed E-state index contributed by atoms with van der Waals surface area (Å²) in [4.78, 5) is 8.92. The Morgan fingerprint density at radius 1 is 0.280 bits per heavy atom. The predicted octanol–water partition coefficient (Wildman–Crippen LogP) is 17.0. The Kier molecular flexibility index (Phi) is 38.5. The molecule has 1 rings (SSSR count). The third-order valence-electron chi connectivity index (χ3n) is 11.3. The van der Waals surface area contributed by atoms with E-state index < -0.39 is 0 Å². The van der Waals surface area contributed by atoms with E-state index in [0.29, 0.717) is 0 Å². The van der Waals surface area contributed by atoms with E-state index in [-0.39, 0.29) is 0 Å². The van der Waals surface area contributed by atoms with Crippen molar-refractivity contribution in [1.82, 2.24) is 9.97 Å². The first-order valence-electron chi connectivity index (χ1n) is 23.6. The minimum atomic E-state index is 1.10. The molecule has 0 aliphatic heterocycles. The van der Waals surface area contributed by atoms with E-state index >= 15 is 0 Å². The van der Waals surface area contributed by atoms with Gasteiger partial charge in [-0.3, -0.25) is 0 Å². The minimum absolute atomic E-state index is 1.10. The zero-order chi connectivity index (χ0) is 35.7. The van der Waals surface area contributed by atoms with Crippen LogP contribution in [-0.2, 0) is 12.8 Å². The van der Waals surface area contributed by atoms with Crippen molar-refractivity contribution < 1.29 is 0 Å². The fourth-order valence-corrected chi connectivity index (χ4v) is 7.79. The van der Waals surface area contributed by atoms with Crippen LogP contribution in [-0.4, -0.2) is 9.97 Å². The van der Waals surface area contributed by atoms with Crippen molar-refractivity contribution in [3.05, 3.63) is 23.8 Å². The second kappa shape index (κ2) is 40.8. The van der Waals surface area contributed by atoms with E-state index in [0.717, 1.165) is 12.8 Å². The third-order valence-corrected chi connectivity index (χ3v) is 11.3. The summed E-state index contributed by atoms with van der Waals surface area (Å²) < 4.78 is 0. The Bertz CT molecular complexity index is 701. The van der Waals surface area contributed by atoms with Gasteiger partial charge in [-0.15, -0.1) is 0 Å². The summed E-state index contributed by atoms with van der Waals surface area (Å²) in [7, 11) is 0. The van der Waals surface area contributed by atoms with Crippen LogP contribution in [0.5, 0.6) is 0 Å². The lowest BCUT2D eigenvalue weighted by atomic mass is 10.0. The topological polar surface area (TPSA) is 25.8 Å². The lowest BCUT2D eigenvalue weighted by Gasteiger charge is -2.05. The molecule has 2 nitrogen and oxygen atoms in total. The van der Waals surface area contributed by atoms with Crippen molar-refractivity contribution in [3.63, 3.8) is 0 Å². The highest BCUT2D eigenvalue weighted by Crippen LogP contribution is 2.17. The van der Waals surface area contributed by atoms with Gasteiger partial charge in [0.1, 0.15) is 0 Å². The maximum Gasteiger partial charge on any atom is 0.198 e. The Morgan fingerprint density at radius 2 is 0.460 bits per heavy atom. The normalized spacial score (nSPS) is 11.6. The van der Waals surface area contributed by atoms with Gasteiger partial charge in [0.15, 0.2) is 6.33 Å². The van der Waals surface area contributed by atoms with Crippen LogP contribution in [0.25, 0.3) is 0 Å². The molecule has 0 spiro atoms. The first-order chi connectivity index (χ1) is 24.9. The third kappa shape index (κ3) is 35.5. The molecule has 2 heteroatoms. The number of unbranched alkanes of at least 4 members (excludes halogenated alkanes) is 38. The van der Waals surface area contributed by atoms with Gasteiger partial charge >= 0.3 is 0 Å². The first kappa shape index (κ1) is 47.1. The maximum atomic E-state index is 4.46. The quantitative estimate of drug-likeness (QED) is 0.0636. The van der Waals surface area contributed by atoms with Gasteiger partial charge in [0, 0.05) is 11.4 Å². The molecule has 0 unspecified atom stereocenters. The average molecular weight is 696 g/mol. The SMILES string of the molecule is CCCCCCCCCCCCCCCCCCCCCCc1cc(CCCCCCCCCCCCCCCCCCCCCC)n[c]n1. The molecular weight excluding hydrogens is 605 g/mol. The molecule has 50 heavy (non-hydrogen) atoms. The van der Waals surface area contributed by atoms with Crippen molar-refractivity contribution >= 4 is 0 Å². The lowest BCUT2D eigenvalue weighted by molar-refractivity contribution is 0.521. The van der Waals surface area contributed by atoms with Crippen LogP contribution in [0.2, 0.25) is 0 Å². The van der Waals surface area contributed by atoms with E-state index in [4.69, 9.17) is 0 Å². The van der Waals surface area contributed by atoms with Gasteiger partial charge in [0.2, 0.25) is 0 Å². The van der Waals surface area contributed by atoms with E-state index in [1.54, 1.807) is 0 Å². The predicted molar refractivity (Wildman–Crippen MR) is 224 cm³/mol. The second-order valence-electron chi connectivity index (χ2n) is 16.4. The van der Waals surface area contributed by atoms with Crippen molar-refractivity contribution in [2.24, 2.45) is 0 Å². The zero-order valence-electron chi connectivity index (χ0n) is 34.7. The molecular formula is C48H91N2. The van der Waals surface area contributed by atoms with Gasteiger partial charge in [0.05, 0.1) is 0 Å². The fourth-order valence-electron chi connectivity index (χ4n) is 7.79. The molecule has 0 atom stereocenters. The van der Waals surface area contributed by atoms with E-state index in [1.807, 2.05) is 0 Å². The Balaban J connectivity index is 1.80. The molecule has 0 saturated heterocycles. The minimum Gasteiger partial charge on any atom is -0.230 e. The lowest BCUT2D eigenvalue weighted by Crippen LogP contribution is -1.97. The van der Waals surface area contributed by atoms with Gasteiger partial charge in [-0.25, -0.2) is 9.97 Å². The summed E-state index contributed by atoms with van der Waals surface area (Å²) in [6.07, 6.45) is 62.6. The molecule has 293 valence electrons. The highest BCUT2D eigenvalue weighted by Gasteiger charge is 2.02. The first-order valence-corrected chi connectivity index (χ1v) is 23.6. The zero-order valence-corrected chi connectivity index (χ0v) is 34.7. The van der Waals surface area contributed by atoms with Gasteiger partial charge in [0.25, 0.3) is 0 Å². The summed E-state index contributed by atoms with van der Waals surface area (Å²) in [5.41, 5.74) is 2.43. The van der Waals surface area contributed by atoms with E-state index in [1.165, 1.54) is 268 Å². The molecule has 0 amide bonds. The summed E-state index contributed by atoms with van der Waals surface area (Å²) >= 11 is 0. The smallest absolute Gasteiger partial charge is 0.198 e. The van der Waals surface area contributed by atoms with Crippen LogP contribution in [0.1, 0.15) is 282 Å². The summed E-state index contributed by atoms with van der Waals surface area (Å²) in [6.45, 7) is 4.61. The molecule has 0 aliphatic carbocycles. The van der Waals surface area contributed by atoms with Crippen molar-refractivity contribution in [3.8, 4) is 0 Å². The Morgan fingerprint density at radius 3 is 0.660 bits per heavy atom. The number of hydrogen-bond acceptors (Lipinski definition) is 2. The van der Waals surface area contributed by atoms with Gasteiger partial charge in [-0.2, -0.15) is 0 Å².